The molecule has 0 bridgehead atoms. The molecule has 7 heteroatoms. The summed E-state index contributed by atoms with van der Waals surface area (Å²) in [5, 5.41) is 11.2. The van der Waals surface area contributed by atoms with E-state index in [1.165, 1.54) is 10.6 Å². The third kappa shape index (κ3) is 5.31. The number of nitrogens with zero attached hydrogens (tertiary/aromatic N) is 4. The molecule has 2 aromatic heterocycles. The molecule has 0 aliphatic rings. The van der Waals surface area contributed by atoms with Crippen molar-refractivity contribution in [2.24, 2.45) is 0 Å². The van der Waals surface area contributed by atoms with E-state index in [1.54, 1.807) is 6.20 Å². The molecule has 0 saturated heterocycles. The van der Waals surface area contributed by atoms with Crippen LogP contribution in [0.1, 0.15) is 0 Å². The zero-order valence-electron chi connectivity index (χ0n) is 14.3. The number of halogens is 1. The van der Waals surface area contributed by atoms with E-state index in [4.69, 9.17) is 0 Å². The van der Waals surface area contributed by atoms with Crippen LogP contribution in [0.5, 0.6) is 0 Å². The Bertz CT molecular complexity index is 896. The van der Waals surface area contributed by atoms with Crippen molar-refractivity contribution in [3.63, 3.8) is 0 Å². The first-order valence-electron chi connectivity index (χ1n) is 8.23. The van der Waals surface area contributed by atoms with Crippen molar-refractivity contribution in [3.05, 3.63) is 91.3 Å². The second-order valence-corrected chi connectivity index (χ2v) is 8.06. The SMILES string of the molecule is [Cl][Pd+].[c-]1c(-c2ccccn2)nnn1C[PH+](c1ccccc1)c1ccccc1. The number of pyridine rings is 1. The van der Waals surface area contributed by atoms with E-state index >= 15 is 0 Å². The number of hydrogen-bond acceptors (Lipinski definition) is 3. The first kappa shape index (κ1) is 19.9. The van der Waals surface area contributed by atoms with Crippen molar-refractivity contribution in [2.75, 3.05) is 0 Å². The van der Waals surface area contributed by atoms with Crippen molar-refractivity contribution < 1.29 is 18.2 Å². The smallest absolute Gasteiger partial charge is 0.141 e. The molecule has 0 unspecified atom stereocenters. The van der Waals surface area contributed by atoms with Crippen LogP contribution in [0.25, 0.3) is 11.4 Å². The normalized spacial score (nSPS) is 10.4. The third-order valence-electron chi connectivity index (χ3n) is 3.95. The Balaban J connectivity index is 0.00000102. The number of rotatable bonds is 5. The van der Waals surface area contributed by atoms with E-state index in [9.17, 15) is 0 Å². The van der Waals surface area contributed by atoms with Crippen molar-refractivity contribution in [2.45, 2.75) is 6.29 Å². The van der Waals surface area contributed by atoms with Gasteiger partial charge in [0.15, 0.2) is 0 Å². The molecule has 0 amide bonds. The van der Waals surface area contributed by atoms with Gasteiger partial charge in [-0.1, -0.05) is 53.4 Å². The summed E-state index contributed by atoms with van der Waals surface area (Å²) in [7, 11) is 3.48. The molecule has 0 saturated carbocycles. The fourth-order valence-electron chi connectivity index (χ4n) is 2.73. The van der Waals surface area contributed by atoms with Crippen molar-refractivity contribution in [3.8, 4) is 11.4 Å². The van der Waals surface area contributed by atoms with Crippen LogP contribution in [0.2, 0.25) is 0 Å². The van der Waals surface area contributed by atoms with Gasteiger partial charge < -0.3 is 9.67 Å². The maximum Gasteiger partial charge on any atom is 0.141 e. The first-order chi connectivity index (χ1) is 13.4. The Morgan fingerprint density at radius 2 is 1.44 bits per heavy atom. The molecule has 0 N–H and O–H groups in total. The Morgan fingerprint density at radius 1 is 0.852 bits per heavy atom. The zero-order chi connectivity index (χ0) is 18.9. The molecule has 4 rings (SSSR count). The summed E-state index contributed by atoms with van der Waals surface area (Å²) in [6, 6.07) is 27.0. The van der Waals surface area contributed by atoms with E-state index in [0.717, 1.165) is 12.0 Å². The Morgan fingerprint density at radius 3 is 2.00 bits per heavy atom. The van der Waals surface area contributed by atoms with Crippen molar-refractivity contribution in [1.29, 1.82) is 0 Å². The van der Waals surface area contributed by atoms with E-state index in [2.05, 4.69) is 110 Å². The molecule has 2 aromatic carbocycles. The minimum atomic E-state index is -1.01. The number of aromatic nitrogens is 4. The van der Waals surface area contributed by atoms with Crippen LogP contribution in [0.15, 0.2) is 85.1 Å². The molecule has 4 aromatic rings. The van der Waals surface area contributed by atoms with Gasteiger partial charge in [-0.2, -0.15) is 5.10 Å². The van der Waals surface area contributed by atoms with Crippen LogP contribution < -0.4 is 10.6 Å². The number of benzene rings is 2. The molecular weight excluding hydrogens is 469 g/mol. The first-order valence-corrected chi connectivity index (χ1v) is 11.9. The van der Waals surface area contributed by atoms with Gasteiger partial charge in [0.05, 0.1) is 18.5 Å². The maximum absolute atomic E-state index is 4.49. The fraction of sp³-hybridized carbons (Fsp3) is 0.0500. The summed E-state index contributed by atoms with van der Waals surface area (Å²) in [5.74, 6) is 0. The molecule has 0 atom stereocenters. The topological polar surface area (TPSA) is 43.6 Å². The molecule has 0 fully saturated rings. The van der Waals surface area contributed by atoms with Crippen LogP contribution in [0.3, 0.4) is 0 Å². The second-order valence-electron chi connectivity index (χ2n) is 5.63. The summed E-state index contributed by atoms with van der Waals surface area (Å²) < 4.78 is 1.82. The minimum Gasteiger partial charge on any atom is -0.349 e. The van der Waals surface area contributed by atoms with Gasteiger partial charge in [0.1, 0.15) is 6.29 Å². The average molecular weight is 486 g/mol. The summed E-state index contributed by atoms with van der Waals surface area (Å²) in [6.45, 7) is 0. The third-order valence-corrected chi connectivity index (χ3v) is 6.62. The minimum absolute atomic E-state index is 0.683. The molecule has 27 heavy (non-hydrogen) atoms. The Labute approximate surface area is 174 Å². The standard InChI is InChI=1S/C20H16N4P.ClH.Pd/c1-3-9-17(10-4-1)25(18-11-5-2-6-12-18)16-24-15-20(22-23-24)19-13-7-8-14-21-19;;/h1-14H,16H2;1H;/q-1;;+2. The number of hydrogen-bond donors (Lipinski definition) is 0. The van der Waals surface area contributed by atoms with Gasteiger partial charge in [0.25, 0.3) is 0 Å². The van der Waals surface area contributed by atoms with E-state index in [0.29, 0.717) is 5.69 Å². The fourth-order valence-corrected chi connectivity index (χ4v) is 5.06. The quantitative estimate of drug-likeness (QED) is 0.246. The summed E-state index contributed by atoms with van der Waals surface area (Å²) in [4.78, 5) is 4.32. The van der Waals surface area contributed by atoms with Gasteiger partial charge in [-0.3, -0.25) is 0 Å². The van der Waals surface area contributed by atoms with Crippen LogP contribution in [0.4, 0.5) is 0 Å². The van der Waals surface area contributed by atoms with Crippen LogP contribution >= 0.6 is 17.5 Å². The Hall–Kier alpha value is -1.89. The largest absolute Gasteiger partial charge is 0.349 e. The predicted octanol–water partition coefficient (Wildman–Crippen LogP) is 3.65. The Kier molecular flexibility index (Phi) is 7.69. The van der Waals surface area contributed by atoms with E-state index in [-0.39, 0.29) is 0 Å². The average Bonchev–Trinajstić information content (AvgIpc) is 3.24. The van der Waals surface area contributed by atoms with Crippen LogP contribution in [-0.4, -0.2) is 20.0 Å². The molecular formula is C20H17ClN4PPd+. The molecule has 4 nitrogen and oxygen atoms in total. The molecule has 138 valence electrons. The molecule has 0 aliphatic heterocycles. The van der Waals surface area contributed by atoms with Crippen molar-refractivity contribution >= 4 is 28.1 Å². The van der Waals surface area contributed by atoms with Gasteiger partial charge in [-0.15, -0.1) is 12.3 Å². The maximum atomic E-state index is 4.49. The van der Waals surface area contributed by atoms with Gasteiger partial charge in [-0.05, 0) is 36.0 Å². The summed E-state index contributed by atoms with van der Waals surface area (Å²) >= 11 is 2.22. The van der Waals surface area contributed by atoms with Gasteiger partial charge >= 0.3 is 27.7 Å². The monoisotopic (exact) mass is 485 g/mol. The molecule has 0 aliphatic carbocycles. The molecule has 2 heterocycles. The summed E-state index contributed by atoms with van der Waals surface area (Å²) in [5.41, 5.74) is 1.48. The van der Waals surface area contributed by atoms with E-state index < -0.39 is 7.92 Å². The predicted molar refractivity (Wildman–Crippen MR) is 108 cm³/mol. The van der Waals surface area contributed by atoms with Gasteiger partial charge in [0.2, 0.25) is 0 Å². The second kappa shape index (κ2) is 10.4. The van der Waals surface area contributed by atoms with Gasteiger partial charge in [0, 0.05) is 6.20 Å². The van der Waals surface area contributed by atoms with Crippen LogP contribution in [-0.2, 0) is 24.5 Å². The summed E-state index contributed by atoms with van der Waals surface area (Å²) in [6.07, 6.45) is 5.79. The van der Waals surface area contributed by atoms with E-state index in [1.807, 2.05) is 22.9 Å². The van der Waals surface area contributed by atoms with Gasteiger partial charge in [-0.25, -0.2) is 0 Å². The molecule has 0 radical (unpaired) electrons. The van der Waals surface area contributed by atoms with Crippen molar-refractivity contribution in [1.82, 2.24) is 20.0 Å². The van der Waals surface area contributed by atoms with Crippen LogP contribution in [0, 0.1) is 6.20 Å². The molecule has 0 spiro atoms. The zero-order valence-corrected chi connectivity index (χ0v) is 17.6.